The first-order chi connectivity index (χ1) is 31.0. The maximum absolute atomic E-state index is 6.29. The Bertz CT molecular complexity index is 3520. The highest BCUT2D eigenvalue weighted by molar-refractivity contribution is 6.09. The molecule has 0 saturated heterocycles. The Labute approximate surface area is 368 Å². The number of furan rings is 1. The lowest BCUT2D eigenvalue weighted by molar-refractivity contribution is 0.660. The normalized spacial score (nSPS) is 12.7. The van der Waals surface area contributed by atoms with Crippen LogP contribution in [0.5, 0.6) is 0 Å². The SMILES string of the molecule is CC1(C)c2ccccc2-c2ccc(-c3ccc(N(c4ccc(-c5ccc6c(c5)oc5ccccc56)cc4)c4ccccc4-c4cccc5cccc(-c6ccccc6)c45)cc3)cc21. The van der Waals surface area contributed by atoms with Crippen LogP contribution < -0.4 is 4.90 Å². The van der Waals surface area contributed by atoms with E-state index in [2.05, 4.69) is 231 Å². The highest BCUT2D eigenvalue weighted by atomic mass is 16.3. The van der Waals surface area contributed by atoms with Crippen LogP contribution in [0, 0.1) is 0 Å². The number of hydrogen-bond donors (Lipinski definition) is 0. The lowest BCUT2D eigenvalue weighted by atomic mass is 9.81. The Morgan fingerprint density at radius 3 is 1.67 bits per heavy atom. The molecular formula is C61H43NO. The Kier molecular flexibility index (Phi) is 8.55. The van der Waals surface area contributed by atoms with Gasteiger partial charge in [-0.3, -0.25) is 0 Å². The van der Waals surface area contributed by atoms with Crippen molar-refractivity contribution >= 4 is 49.8 Å². The Morgan fingerprint density at radius 2 is 0.905 bits per heavy atom. The van der Waals surface area contributed by atoms with Crippen LogP contribution >= 0.6 is 0 Å². The van der Waals surface area contributed by atoms with Gasteiger partial charge in [-0.15, -0.1) is 0 Å². The monoisotopic (exact) mass is 805 g/mol. The molecule has 0 fully saturated rings. The first-order valence-corrected chi connectivity index (χ1v) is 21.8. The molecule has 0 saturated carbocycles. The fraction of sp³-hybridized carbons (Fsp3) is 0.0492. The molecule has 11 aromatic rings. The van der Waals surface area contributed by atoms with Crippen molar-refractivity contribution in [2.75, 3.05) is 4.90 Å². The minimum absolute atomic E-state index is 0.0612. The molecule has 0 atom stereocenters. The van der Waals surface area contributed by atoms with E-state index in [-0.39, 0.29) is 5.41 Å². The van der Waals surface area contributed by atoms with Gasteiger partial charge in [0.25, 0.3) is 0 Å². The van der Waals surface area contributed by atoms with Gasteiger partial charge in [0, 0.05) is 33.1 Å². The van der Waals surface area contributed by atoms with Gasteiger partial charge in [-0.1, -0.05) is 184 Å². The number of hydrogen-bond acceptors (Lipinski definition) is 2. The zero-order valence-corrected chi connectivity index (χ0v) is 35.2. The molecule has 298 valence electrons. The Morgan fingerprint density at radius 1 is 0.349 bits per heavy atom. The quantitative estimate of drug-likeness (QED) is 0.160. The average Bonchev–Trinajstić information content (AvgIpc) is 3.83. The summed E-state index contributed by atoms with van der Waals surface area (Å²) < 4.78 is 6.29. The molecule has 0 radical (unpaired) electrons. The molecule has 0 spiro atoms. The van der Waals surface area contributed by atoms with E-state index in [0.29, 0.717) is 0 Å². The summed E-state index contributed by atoms with van der Waals surface area (Å²) in [6, 6.07) is 81.7. The summed E-state index contributed by atoms with van der Waals surface area (Å²) in [7, 11) is 0. The lowest BCUT2D eigenvalue weighted by Gasteiger charge is -2.29. The van der Waals surface area contributed by atoms with Crippen molar-refractivity contribution in [1.29, 1.82) is 0 Å². The zero-order valence-electron chi connectivity index (χ0n) is 35.2. The molecular weight excluding hydrogens is 763 g/mol. The van der Waals surface area contributed by atoms with Crippen LogP contribution in [0.3, 0.4) is 0 Å². The summed E-state index contributed by atoms with van der Waals surface area (Å²) in [6.07, 6.45) is 0. The molecule has 0 N–H and O–H groups in total. The number of para-hydroxylation sites is 2. The molecule has 1 heterocycles. The van der Waals surface area contributed by atoms with Gasteiger partial charge in [0.05, 0.1) is 5.69 Å². The lowest BCUT2D eigenvalue weighted by Crippen LogP contribution is -2.14. The molecule has 0 unspecified atom stereocenters. The van der Waals surface area contributed by atoms with Gasteiger partial charge in [0.1, 0.15) is 11.2 Å². The minimum Gasteiger partial charge on any atom is -0.456 e. The summed E-state index contributed by atoms with van der Waals surface area (Å²) in [5.41, 5.74) is 19.9. The molecule has 1 aliphatic carbocycles. The van der Waals surface area contributed by atoms with Crippen molar-refractivity contribution in [3.8, 4) is 55.6 Å². The standard InChI is InChI=1S/C61H43NO/c1-61(2)55-23-9-6-18-49(55)50-36-30-44(38-56(50)61)40-26-32-46(33-27-40)62(47-34-28-41(29-35-47)45-31-37-53-52-20-8-11-25-58(52)63-59(53)39-45)57-24-10-7-19-51(57)54-22-13-17-43-16-12-21-48(60(43)54)42-14-4-3-5-15-42/h3-39H,1-2H3. The van der Waals surface area contributed by atoms with Crippen LogP contribution in [0.25, 0.3) is 88.3 Å². The van der Waals surface area contributed by atoms with Gasteiger partial charge in [-0.2, -0.15) is 0 Å². The number of anilines is 3. The molecule has 0 amide bonds. The van der Waals surface area contributed by atoms with E-state index in [9.17, 15) is 0 Å². The maximum Gasteiger partial charge on any atom is 0.136 e. The van der Waals surface area contributed by atoms with Crippen molar-refractivity contribution in [3.63, 3.8) is 0 Å². The molecule has 0 bridgehead atoms. The molecule has 2 nitrogen and oxygen atoms in total. The summed E-state index contributed by atoms with van der Waals surface area (Å²) in [5, 5.41) is 4.73. The molecule has 1 aliphatic rings. The van der Waals surface area contributed by atoms with E-state index in [1.165, 1.54) is 60.8 Å². The molecule has 2 heteroatoms. The predicted molar refractivity (Wildman–Crippen MR) is 265 cm³/mol. The summed E-state index contributed by atoms with van der Waals surface area (Å²) in [4.78, 5) is 2.41. The molecule has 0 aliphatic heterocycles. The number of benzene rings is 10. The molecule has 10 aromatic carbocycles. The molecule has 63 heavy (non-hydrogen) atoms. The van der Waals surface area contributed by atoms with E-state index >= 15 is 0 Å². The minimum atomic E-state index is -0.0612. The van der Waals surface area contributed by atoms with Gasteiger partial charge < -0.3 is 9.32 Å². The van der Waals surface area contributed by atoms with Crippen LogP contribution in [-0.4, -0.2) is 0 Å². The second-order valence-corrected chi connectivity index (χ2v) is 17.3. The smallest absolute Gasteiger partial charge is 0.136 e. The fourth-order valence-corrected chi connectivity index (χ4v) is 10.1. The highest BCUT2D eigenvalue weighted by Gasteiger charge is 2.35. The van der Waals surface area contributed by atoms with E-state index in [1.807, 2.05) is 12.1 Å². The van der Waals surface area contributed by atoms with E-state index in [0.717, 1.165) is 55.7 Å². The Hall–Kier alpha value is -7.94. The summed E-state index contributed by atoms with van der Waals surface area (Å²) in [6.45, 7) is 4.70. The van der Waals surface area contributed by atoms with E-state index < -0.39 is 0 Å². The number of rotatable bonds is 7. The van der Waals surface area contributed by atoms with Gasteiger partial charge in [0.2, 0.25) is 0 Å². The van der Waals surface area contributed by atoms with Gasteiger partial charge in [-0.25, -0.2) is 0 Å². The van der Waals surface area contributed by atoms with Crippen molar-refractivity contribution in [1.82, 2.24) is 0 Å². The van der Waals surface area contributed by atoms with Gasteiger partial charge >= 0.3 is 0 Å². The first-order valence-electron chi connectivity index (χ1n) is 21.8. The molecule has 1 aromatic heterocycles. The van der Waals surface area contributed by atoms with E-state index in [4.69, 9.17) is 4.42 Å². The zero-order chi connectivity index (χ0) is 42.1. The number of nitrogens with zero attached hydrogens (tertiary/aromatic N) is 1. The second kappa shape index (κ2) is 14.6. The van der Waals surface area contributed by atoms with Crippen molar-refractivity contribution in [2.24, 2.45) is 0 Å². The van der Waals surface area contributed by atoms with Crippen molar-refractivity contribution < 1.29 is 4.42 Å². The van der Waals surface area contributed by atoms with Crippen LogP contribution in [0.2, 0.25) is 0 Å². The third kappa shape index (κ3) is 6.09. The summed E-state index contributed by atoms with van der Waals surface area (Å²) >= 11 is 0. The average molecular weight is 806 g/mol. The second-order valence-electron chi connectivity index (χ2n) is 17.3. The largest absolute Gasteiger partial charge is 0.456 e. The van der Waals surface area contributed by atoms with Gasteiger partial charge in [-0.05, 0) is 127 Å². The number of fused-ring (bicyclic) bond motifs is 7. The Balaban J connectivity index is 0.988. The molecule has 12 rings (SSSR count). The van der Waals surface area contributed by atoms with Crippen LogP contribution in [0.15, 0.2) is 229 Å². The third-order valence-corrected chi connectivity index (χ3v) is 13.3. The first kappa shape index (κ1) is 36.9. The van der Waals surface area contributed by atoms with Crippen molar-refractivity contribution in [3.05, 3.63) is 236 Å². The van der Waals surface area contributed by atoms with E-state index in [1.54, 1.807) is 0 Å². The van der Waals surface area contributed by atoms with Crippen LogP contribution in [0.4, 0.5) is 17.1 Å². The third-order valence-electron chi connectivity index (χ3n) is 13.3. The summed E-state index contributed by atoms with van der Waals surface area (Å²) in [5.74, 6) is 0. The highest BCUT2D eigenvalue weighted by Crippen LogP contribution is 2.50. The van der Waals surface area contributed by atoms with Gasteiger partial charge in [0.15, 0.2) is 0 Å². The maximum atomic E-state index is 6.29. The van der Waals surface area contributed by atoms with Crippen LogP contribution in [-0.2, 0) is 5.41 Å². The topological polar surface area (TPSA) is 16.4 Å². The van der Waals surface area contributed by atoms with Crippen LogP contribution in [0.1, 0.15) is 25.0 Å². The van der Waals surface area contributed by atoms with Crippen molar-refractivity contribution in [2.45, 2.75) is 19.3 Å². The predicted octanol–water partition coefficient (Wildman–Crippen LogP) is 17.2. The fourth-order valence-electron chi connectivity index (χ4n) is 10.1.